The van der Waals surface area contributed by atoms with E-state index in [1.165, 1.54) is 12.1 Å². The Balaban J connectivity index is 0.00000156. The average molecular weight is 394 g/mol. The highest BCUT2D eigenvalue weighted by Crippen LogP contribution is 2.23. The molecule has 2 N–H and O–H groups in total. The summed E-state index contributed by atoms with van der Waals surface area (Å²) in [5.74, 6) is -0.362. The molecule has 2 unspecified atom stereocenters. The van der Waals surface area contributed by atoms with E-state index in [2.05, 4.69) is 15.5 Å². The first-order valence-electron chi connectivity index (χ1n) is 8.32. The Kier molecular flexibility index (Phi) is 9.67. The van der Waals surface area contributed by atoms with E-state index in [0.717, 1.165) is 25.9 Å². The molecule has 2 saturated heterocycles. The number of piperidine rings is 1. The summed E-state index contributed by atoms with van der Waals surface area (Å²) >= 11 is 0. The van der Waals surface area contributed by atoms with Crippen molar-refractivity contribution in [2.24, 2.45) is 0 Å². The number of nitrogens with one attached hydrogen (secondary N) is 2. The number of hydrogen-bond donors (Lipinski definition) is 2. The summed E-state index contributed by atoms with van der Waals surface area (Å²) in [6.45, 7) is 4.36. The quantitative estimate of drug-likeness (QED) is 0.820. The van der Waals surface area contributed by atoms with Crippen LogP contribution in [0.3, 0.4) is 0 Å². The van der Waals surface area contributed by atoms with Gasteiger partial charge < -0.3 is 15.4 Å². The number of nitrogens with zero attached hydrogens (tertiary/aromatic N) is 1. The Bertz CT molecular complexity index is 538. The lowest BCUT2D eigenvalue weighted by Crippen LogP contribution is -2.51. The summed E-state index contributed by atoms with van der Waals surface area (Å²) in [7, 11) is 0. The molecule has 0 bridgehead atoms. The van der Waals surface area contributed by atoms with E-state index in [4.69, 9.17) is 4.74 Å². The number of halogens is 3. The van der Waals surface area contributed by atoms with Crippen LogP contribution in [-0.4, -0.2) is 56.2 Å². The maximum Gasteiger partial charge on any atom is 0.242 e. The fourth-order valence-electron chi connectivity index (χ4n) is 3.30. The highest BCUT2D eigenvalue weighted by molar-refractivity contribution is 5.85. The second-order valence-electron chi connectivity index (χ2n) is 6.16. The molecule has 2 aliphatic rings. The highest BCUT2D eigenvalue weighted by atomic mass is 35.5. The number of hydrogen-bond acceptors (Lipinski definition) is 4. The molecule has 1 amide bonds. The van der Waals surface area contributed by atoms with Crippen molar-refractivity contribution >= 4 is 30.7 Å². The summed E-state index contributed by atoms with van der Waals surface area (Å²) in [6, 6.07) is 6.03. The molecule has 3 rings (SSSR count). The SMILES string of the molecule is Cl.Cl.O=C(NC1CCCNC1)C(c1cccc(F)c1)N1CCOCC1. The van der Waals surface area contributed by atoms with Gasteiger partial charge in [-0.3, -0.25) is 9.69 Å². The van der Waals surface area contributed by atoms with Gasteiger partial charge in [0.2, 0.25) is 5.91 Å². The fraction of sp³-hybridized carbons (Fsp3) is 0.588. The molecule has 2 fully saturated rings. The van der Waals surface area contributed by atoms with E-state index in [1.807, 2.05) is 6.07 Å². The van der Waals surface area contributed by atoms with Crippen LogP contribution in [0, 0.1) is 5.82 Å². The molecule has 0 radical (unpaired) electrons. The second kappa shape index (κ2) is 10.9. The van der Waals surface area contributed by atoms with Gasteiger partial charge in [-0.25, -0.2) is 4.39 Å². The van der Waals surface area contributed by atoms with E-state index in [9.17, 15) is 9.18 Å². The smallest absolute Gasteiger partial charge is 0.242 e. The van der Waals surface area contributed by atoms with Crippen LogP contribution in [0.15, 0.2) is 24.3 Å². The van der Waals surface area contributed by atoms with Gasteiger partial charge in [0.25, 0.3) is 0 Å². The number of amides is 1. The van der Waals surface area contributed by atoms with E-state index in [-0.39, 0.29) is 42.6 Å². The number of rotatable bonds is 4. The second-order valence-corrected chi connectivity index (χ2v) is 6.16. The lowest BCUT2D eigenvalue weighted by atomic mass is 10.0. The fourth-order valence-corrected chi connectivity index (χ4v) is 3.30. The standard InChI is InChI=1S/C17H24FN3O2.2ClH/c18-14-4-1-3-13(11-14)16(21-7-9-23-10-8-21)17(22)20-15-5-2-6-19-12-15;;/h1,3-4,11,15-16,19H,2,5-10,12H2,(H,20,22);2*1H. The van der Waals surface area contributed by atoms with Crippen molar-refractivity contribution in [1.82, 2.24) is 15.5 Å². The molecule has 5 nitrogen and oxygen atoms in total. The number of ether oxygens (including phenoxy) is 1. The van der Waals surface area contributed by atoms with Gasteiger partial charge in [-0.15, -0.1) is 24.8 Å². The monoisotopic (exact) mass is 393 g/mol. The third-order valence-electron chi connectivity index (χ3n) is 4.47. The minimum Gasteiger partial charge on any atom is -0.379 e. The van der Waals surface area contributed by atoms with Crippen LogP contribution in [0.5, 0.6) is 0 Å². The lowest BCUT2D eigenvalue weighted by Gasteiger charge is -2.35. The summed E-state index contributed by atoms with van der Waals surface area (Å²) in [6.07, 6.45) is 2.05. The molecule has 2 aliphatic heterocycles. The summed E-state index contributed by atoms with van der Waals surface area (Å²) < 4.78 is 19.0. The zero-order valence-corrected chi connectivity index (χ0v) is 15.7. The molecule has 0 spiro atoms. The van der Waals surface area contributed by atoms with Gasteiger partial charge in [-0.05, 0) is 37.1 Å². The van der Waals surface area contributed by atoms with Crippen LogP contribution in [0.2, 0.25) is 0 Å². The molecule has 0 saturated carbocycles. The Morgan fingerprint density at radius 1 is 1.32 bits per heavy atom. The maximum atomic E-state index is 13.6. The van der Waals surface area contributed by atoms with E-state index >= 15 is 0 Å². The first-order valence-corrected chi connectivity index (χ1v) is 8.32. The van der Waals surface area contributed by atoms with Crippen molar-refractivity contribution in [2.45, 2.75) is 24.9 Å². The van der Waals surface area contributed by atoms with Crippen LogP contribution in [-0.2, 0) is 9.53 Å². The predicted octanol–water partition coefficient (Wildman–Crippen LogP) is 1.91. The zero-order valence-electron chi connectivity index (χ0n) is 14.1. The third kappa shape index (κ3) is 6.08. The molecule has 142 valence electrons. The molecule has 2 atom stereocenters. The van der Waals surface area contributed by atoms with Gasteiger partial charge in [0.05, 0.1) is 13.2 Å². The predicted molar refractivity (Wildman–Crippen MR) is 100 cm³/mol. The summed E-state index contributed by atoms with van der Waals surface area (Å²) in [4.78, 5) is 15.0. The zero-order chi connectivity index (χ0) is 16.1. The van der Waals surface area contributed by atoms with Crippen LogP contribution in [0.1, 0.15) is 24.4 Å². The lowest BCUT2D eigenvalue weighted by molar-refractivity contribution is -0.129. The van der Waals surface area contributed by atoms with Gasteiger partial charge in [0.1, 0.15) is 11.9 Å². The van der Waals surface area contributed by atoms with Crippen molar-refractivity contribution in [3.63, 3.8) is 0 Å². The normalized spacial score (nSPS) is 22.2. The molecule has 2 heterocycles. The first-order chi connectivity index (χ1) is 11.2. The Hall–Kier alpha value is -0.920. The Morgan fingerprint density at radius 2 is 2.08 bits per heavy atom. The van der Waals surface area contributed by atoms with E-state index < -0.39 is 6.04 Å². The van der Waals surface area contributed by atoms with Gasteiger partial charge in [-0.1, -0.05) is 12.1 Å². The average Bonchev–Trinajstić information content (AvgIpc) is 2.57. The van der Waals surface area contributed by atoms with Crippen LogP contribution in [0.4, 0.5) is 4.39 Å². The first kappa shape index (κ1) is 22.1. The molecule has 0 aliphatic carbocycles. The Labute approximate surface area is 160 Å². The number of morpholine rings is 1. The van der Waals surface area contributed by atoms with Crippen molar-refractivity contribution in [3.8, 4) is 0 Å². The van der Waals surface area contributed by atoms with E-state index in [1.54, 1.807) is 6.07 Å². The van der Waals surface area contributed by atoms with Crippen molar-refractivity contribution in [3.05, 3.63) is 35.6 Å². The van der Waals surface area contributed by atoms with Crippen molar-refractivity contribution in [1.29, 1.82) is 0 Å². The Morgan fingerprint density at radius 3 is 2.72 bits per heavy atom. The van der Waals surface area contributed by atoms with Gasteiger partial charge in [0, 0.05) is 25.7 Å². The topological polar surface area (TPSA) is 53.6 Å². The minimum atomic E-state index is -0.462. The number of benzene rings is 1. The third-order valence-corrected chi connectivity index (χ3v) is 4.47. The molecular formula is C17H26Cl2FN3O2. The molecule has 1 aromatic carbocycles. The highest BCUT2D eigenvalue weighted by Gasteiger charge is 2.30. The van der Waals surface area contributed by atoms with Crippen molar-refractivity contribution in [2.75, 3.05) is 39.4 Å². The number of carbonyl (C=O) groups is 1. The molecule has 25 heavy (non-hydrogen) atoms. The molecule has 8 heteroatoms. The molecular weight excluding hydrogens is 368 g/mol. The van der Waals surface area contributed by atoms with Gasteiger partial charge in [-0.2, -0.15) is 0 Å². The largest absolute Gasteiger partial charge is 0.379 e. The molecule has 1 aromatic rings. The van der Waals surface area contributed by atoms with Crippen LogP contribution in [0.25, 0.3) is 0 Å². The van der Waals surface area contributed by atoms with Crippen LogP contribution < -0.4 is 10.6 Å². The van der Waals surface area contributed by atoms with E-state index in [0.29, 0.717) is 31.9 Å². The van der Waals surface area contributed by atoms with Gasteiger partial charge >= 0.3 is 0 Å². The van der Waals surface area contributed by atoms with Crippen molar-refractivity contribution < 1.29 is 13.9 Å². The minimum absolute atomic E-state index is 0. The number of carbonyl (C=O) groups excluding carboxylic acids is 1. The maximum absolute atomic E-state index is 13.6. The summed E-state index contributed by atoms with van der Waals surface area (Å²) in [5.41, 5.74) is 0.702. The molecule has 0 aromatic heterocycles. The van der Waals surface area contributed by atoms with Crippen LogP contribution >= 0.6 is 24.8 Å². The summed E-state index contributed by atoms with van der Waals surface area (Å²) in [5, 5.41) is 6.43. The van der Waals surface area contributed by atoms with Gasteiger partial charge in [0.15, 0.2) is 0 Å².